The van der Waals surface area contributed by atoms with Crippen LogP contribution in [-0.2, 0) is 6.18 Å². The quantitative estimate of drug-likeness (QED) is 0.650. The minimum absolute atomic E-state index is 0.00825. The highest BCUT2D eigenvalue weighted by atomic mass is 19.4. The van der Waals surface area contributed by atoms with Crippen molar-refractivity contribution in [2.45, 2.75) is 20.0 Å². The van der Waals surface area contributed by atoms with Gasteiger partial charge in [-0.2, -0.15) is 18.4 Å². The van der Waals surface area contributed by atoms with Gasteiger partial charge in [0.05, 0.1) is 11.3 Å². The number of nitrogen functional groups attached to an aromatic ring is 1. The molecule has 27 heavy (non-hydrogen) atoms. The molecule has 1 aromatic heterocycles. The molecule has 3 aromatic rings. The van der Waals surface area contributed by atoms with Crippen LogP contribution in [0.3, 0.4) is 0 Å². The summed E-state index contributed by atoms with van der Waals surface area (Å²) in [4.78, 5) is 4.33. The molecule has 0 amide bonds. The predicted octanol–water partition coefficient (Wildman–Crippen LogP) is 5.51. The standard InChI is InChI=1S/C21H16F3N3/c1-12-6-8-14(9-7-12)19-13(2)18(17(11-25)20(26)27-19)15-4-3-5-16(10-15)21(22,23)24/h3-10H,1-2H3,(H2,26,27). The Labute approximate surface area is 154 Å². The van der Waals surface area contributed by atoms with Crippen LogP contribution in [0, 0.1) is 25.2 Å². The summed E-state index contributed by atoms with van der Waals surface area (Å²) in [7, 11) is 0. The van der Waals surface area contributed by atoms with Crippen molar-refractivity contribution in [1.82, 2.24) is 4.98 Å². The molecule has 136 valence electrons. The number of aromatic nitrogens is 1. The highest BCUT2D eigenvalue weighted by Crippen LogP contribution is 2.38. The van der Waals surface area contributed by atoms with Gasteiger partial charge in [0.25, 0.3) is 0 Å². The maximum absolute atomic E-state index is 13.1. The van der Waals surface area contributed by atoms with Crippen LogP contribution < -0.4 is 5.73 Å². The maximum Gasteiger partial charge on any atom is 0.416 e. The molecule has 3 nitrogen and oxygen atoms in total. The lowest BCUT2D eigenvalue weighted by molar-refractivity contribution is -0.137. The normalized spacial score (nSPS) is 11.3. The molecule has 0 fully saturated rings. The molecular formula is C21H16F3N3. The molecule has 0 aliphatic rings. The average molecular weight is 367 g/mol. The molecule has 0 spiro atoms. The molecule has 0 radical (unpaired) electrons. The Kier molecular flexibility index (Phi) is 4.63. The Balaban J connectivity index is 2.29. The van der Waals surface area contributed by atoms with E-state index in [1.54, 1.807) is 6.92 Å². The van der Waals surface area contributed by atoms with Gasteiger partial charge in [-0.25, -0.2) is 4.98 Å². The molecule has 6 heteroatoms. The number of alkyl halides is 3. The van der Waals surface area contributed by atoms with E-state index in [4.69, 9.17) is 5.73 Å². The van der Waals surface area contributed by atoms with Gasteiger partial charge in [-0.15, -0.1) is 0 Å². The first kappa shape index (κ1) is 18.5. The van der Waals surface area contributed by atoms with Gasteiger partial charge in [-0.1, -0.05) is 42.0 Å². The fourth-order valence-corrected chi connectivity index (χ4v) is 3.01. The number of nitriles is 1. The minimum atomic E-state index is -4.48. The number of pyridine rings is 1. The largest absolute Gasteiger partial charge is 0.416 e. The number of nitrogens with zero attached hydrogens (tertiary/aromatic N) is 2. The Bertz CT molecular complexity index is 1050. The topological polar surface area (TPSA) is 62.7 Å². The molecule has 0 saturated heterocycles. The second kappa shape index (κ2) is 6.76. The predicted molar refractivity (Wildman–Crippen MR) is 98.7 cm³/mol. The Hall–Kier alpha value is -3.33. The lowest BCUT2D eigenvalue weighted by Gasteiger charge is -2.16. The second-order valence-electron chi connectivity index (χ2n) is 6.28. The molecule has 0 unspecified atom stereocenters. The van der Waals surface area contributed by atoms with Crippen molar-refractivity contribution in [1.29, 1.82) is 5.26 Å². The van der Waals surface area contributed by atoms with Crippen LogP contribution in [0.4, 0.5) is 19.0 Å². The van der Waals surface area contributed by atoms with Crippen molar-refractivity contribution in [2.75, 3.05) is 5.73 Å². The van der Waals surface area contributed by atoms with Crippen LogP contribution in [0.2, 0.25) is 0 Å². The van der Waals surface area contributed by atoms with Crippen molar-refractivity contribution in [3.8, 4) is 28.5 Å². The molecule has 2 aromatic carbocycles. The number of nitrogens with two attached hydrogens (primary N) is 1. The summed E-state index contributed by atoms with van der Waals surface area (Å²) in [6.45, 7) is 3.68. The zero-order valence-electron chi connectivity index (χ0n) is 14.7. The second-order valence-corrected chi connectivity index (χ2v) is 6.28. The lowest BCUT2D eigenvalue weighted by Crippen LogP contribution is -2.06. The van der Waals surface area contributed by atoms with Gasteiger partial charge in [-0.05, 0) is 37.1 Å². The van der Waals surface area contributed by atoms with Crippen LogP contribution in [0.15, 0.2) is 48.5 Å². The number of halogens is 3. The molecule has 0 aliphatic heterocycles. The molecule has 0 aliphatic carbocycles. The van der Waals surface area contributed by atoms with E-state index in [0.717, 1.165) is 23.3 Å². The van der Waals surface area contributed by atoms with Gasteiger partial charge >= 0.3 is 6.18 Å². The zero-order valence-corrected chi connectivity index (χ0v) is 14.7. The highest BCUT2D eigenvalue weighted by molar-refractivity contribution is 5.84. The summed E-state index contributed by atoms with van der Waals surface area (Å²) < 4.78 is 39.4. The van der Waals surface area contributed by atoms with E-state index in [2.05, 4.69) is 4.98 Å². The Morgan fingerprint density at radius 3 is 2.26 bits per heavy atom. The summed E-state index contributed by atoms with van der Waals surface area (Å²) in [6, 6.07) is 14.4. The fraction of sp³-hybridized carbons (Fsp3) is 0.143. The molecule has 2 N–H and O–H groups in total. The van der Waals surface area contributed by atoms with Gasteiger partial charge < -0.3 is 5.73 Å². The first-order valence-electron chi connectivity index (χ1n) is 8.17. The van der Waals surface area contributed by atoms with Gasteiger partial charge in [0, 0.05) is 11.1 Å². The number of rotatable bonds is 2. The van der Waals surface area contributed by atoms with E-state index in [0.29, 0.717) is 16.8 Å². The van der Waals surface area contributed by atoms with E-state index in [1.807, 2.05) is 37.3 Å². The zero-order chi connectivity index (χ0) is 19.8. The van der Waals surface area contributed by atoms with E-state index in [-0.39, 0.29) is 16.9 Å². The minimum Gasteiger partial charge on any atom is -0.383 e. The number of aryl methyl sites for hydroxylation is 1. The first-order valence-corrected chi connectivity index (χ1v) is 8.17. The third-order valence-electron chi connectivity index (χ3n) is 4.38. The number of hydrogen-bond donors (Lipinski definition) is 1. The number of anilines is 1. The van der Waals surface area contributed by atoms with E-state index >= 15 is 0 Å². The molecule has 0 bridgehead atoms. The third kappa shape index (κ3) is 3.49. The Morgan fingerprint density at radius 2 is 1.67 bits per heavy atom. The SMILES string of the molecule is Cc1ccc(-c2nc(N)c(C#N)c(-c3cccc(C(F)(F)F)c3)c2C)cc1. The monoisotopic (exact) mass is 367 g/mol. The summed E-state index contributed by atoms with van der Waals surface area (Å²) in [6.07, 6.45) is -4.48. The molecule has 0 atom stereocenters. The van der Waals surface area contributed by atoms with Crippen LogP contribution in [-0.4, -0.2) is 4.98 Å². The van der Waals surface area contributed by atoms with Crippen LogP contribution in [0.1, 0.15) is 22.3 Å². The fourth-order valence-electron chi connectivity index (χ4n) is 3.01. The molecule has 1 heterocycles. The number of benzene rings is 2. The van der Waals surface area contributed by atoms with E-state index in [1.165, 1.54) is 12.1 Å². The van der Waals surface area contributed by atoms with E-state index in [9.17, 15) is 18.4 Å². The van der Waals surface area contributed by atoms with Crippen LogP contribution >= 0.6 is 0 Å². The van der Waals surface area contributed by atoms with Crippen LogP contribution in [0.25, 0.3) is 22.4 Å². The summed E-state index contributed by atoms with van der Waals surface area (Å²) >= 11 is 0. The smallest absolute Gasteiger partial charge is 0.383 e. The van der Waals surface area contributed by atoms with Crippen molar-refractivity contribution in [3.63, 3.8) is 0 Å². The van der Waals surface area contributed by atoms with Gasteiger partial charge in [0.15, 0.2) is 0 Å². The first-order chi connectivity index (χ1) is 12.7. The summed E-state index contributed by atoms with van der Waals surface area (Å²) in [5, 5.41) is 9.52. The number of hydrogen-bond acceptors (Lipinski definition) is 3. The summed E-state index contributed by atoms with van der Waals surface area (Å²) in [5.74, 6) is -0.00825. The third-order valence-corrected chi connectivity index (χ3v) is 4.38. The summed E-state index contributed by atoms with van der Waals surface area (Å²) in [5.41, 5.74) is 8.90. The van der Waals surface area contributed by atoms with Gasteiger partial charge in [0.2, 0.25) is 0 Å². The molecule has 0 saturated carbocycles. The van der Waals surface area contributed by atoms with Crippen molar-refractivity contribution in [2.24, 2.45) is 0 Å². The Morgan fingerprint density at radius 1 is 1.00 bits per heavy atom. The van der Waals surface area contributed by atoms with E-state index < -0.39 is 11.7 Å². The maximum atomic E-state index is 13.1. The average Bonchev–Trinajstić information content (AvgIpc) is 2.63. The highest BCUT2D eigenvalue weighted by Gasteiger charge is 2.31. The van der Waals surface area contributed by atoms with Crippen LogP contribution in [0.5, 0.6) is 0 Å². The van der Waals surface area contributed by atoms with Crippen molar-refractivity contribution < 1.29 is 13.2 Å². The molecular weight excluding hydrogens is 351 g/mol. The van der Waals surface area contributed by atoms with Crippen molar-refractivity contribution >= 4 is 5.82 Å². The van der Waals surface area contributed by atoms with Crippen molar-refractivity contribution in [3.05, 3.63) is 70.8 Å². The lowest BCUT2D eigenvalue weighted by atomic mass is 9.92. The van der Waals surface area contributed by atoms with Gasteiger partial charge in [0.1, 0.15) is 17.5 Å². The molecule has 3 rings (SSSR count). The van der Waals surface area contributed by atoms with Gasteiger partial charge in [-0.3, -0.25) is 0 Å².